The quantitative estimate of drug-likeness (QED) is 0.758. The SMILES string of the molecule is CO[C@@H](OC1COC(C)(C)O[C@H]1[C@H]1COC(C)(C)O1)C(C)O. The van der Waals surface area contributed by atoms with Crippen LogP contribution < -0.4 is 0 Å². The lowest BCUT2D eigenvalue weighted by Crippen LogP contribution is -2.56. The van der Waals surface area contributed by atoms with Crippen LogP contribution in [0.4, 0.5) is 0 Å². The van der Waals surface area contributed by atoms with Crippen LogP contribution in [0, 0.1) is 0 Å². The maximum atomic E-state index is 9.69. The molecule has 0 amide bonds. The highest BCUT2D eigenvalue weighted by Gasteiger charge is 2.47. The first-order valence-corrected chi connectivity index (χ1v) is 7.63. The number of aliphatic hydroxyl groups excluding tert-OH is 1. The molecular weight excluding hydrogens is 292 g/mol. The van der Waals surface area contributed by atoms with E-state index in [4.69, 9.17) is 28.4 Å². The minimum absolute atomic E-state index is 0.269. The van der Waals surface area contributed by atoms with Gasteiger partial charge in [0.05, 0.1) is 13.2 Å². The molecule has 2 unspecified atom stereocenters. The van der Waals surface area contributed by atoms with Crippen LogP contribution in [-0.2, 0) is 28.4 Å². The minimum atomic E-state index is -0.766. The van der Waals surface area contributed by atoms with E-state index in [-0.39, 0.29) is 12.2 Å². The highest BCUT2D eigenvalue weighted by Crippen LogP contribution is 2.33. The van der Waals surface area contributed by atoms with Crippen molar-refractivity contribution < 1.29 is 33.5 Å². The summed E-state index contributed by atoms with van der Waals surface area (Å²) in [5.41, 5.74) is 0. The summed E-state index contributed by atoms with van der Waals surface area (Å²) < 4.78 is 34.2. The number of ether oxygens (including phenoxy) is 6. The molecule has 2 aliphatic heterocycles. The number of aliphatic hydroxyl groups is 1. The standard InChI is InChI=1S/C15H28O7/c1-9(16)13(17-6)20-10-7-18-15(4,5)22-12(10)11-8-19-14(2,3)21-11/h9-13,16H,7-8H2,1-6H3/t9?,10?,11-,12-,13+/m1/s1. The van der Waals surface area contributed by atoms with E-state index in [1.165, 1.54) is 7.11 Å². The summed E-state index contributed by atoms with van der Waals surface area (Å²) in [6, 6.07) is 0. The summed E-state index contributed by atoms with van der Waals surface area (Å²) in [4.78, 5) is 0. The molecule has 22 heavy (non-hydrogen) atoms. The van der Waals surface area contributed by atoms with E-state index in [9.17, 15) is 5.11 Å². The number of hydrogen-bond acceptors (Lipinski definition) is 7. The van der Waals surface area contributed by atoms with Crippen molar-refractivity contribution in [3.05, 3.63) is 0 Å². The summed E-state index contributed by atoms with van der Waals surface area (Å²) in [6.07, 6.45) is -2.58. The summed E-state index contributed by atoms with van der Waals surface area (Å²) in [5, 5.41) is 9.69. The third-order valence-electron chi connectivity index (χ3n) is 3.71. The molecule has 5 atom stereocenters. The summed E-state index contributed by atoms with van der Waals surface area (Å²) in [6.45, 7) is 9.77. The largest absolute Gasteiger partial charge is 0.388 e. The molecule has 2 heterocycles. The van der Waals surface area contributed by atoms with Gasteiger partial charge in [0, 0.05) is 7.11 Å². The first-order chi connectivity index (χ1) is 10.1. The molecule has 0 aromatic rings. The van der Waals surface area contributed by atoms with Crippen LogP contribution >= 0.6 is 0 Å². The van der Waals surface area contributed by atoms with Crippen molar-refractivity contribution in [3.8, 4) is 0 Å². The van der Waals surface area contributed by atoms with Crippen LogP contribution in [0.15, 0.2) is 0 Å². The van der Waals surface area contributed by atoms with E-state index in [0.29, 0.717) is 13.2 Å². The van der Waals surface area contributed by atoms with Gasteiger partial charge in [-0.15, -0.1) is 0 Å². The Morgan fingerprint density at radius 2 is 1.64 bits per heavy atom. The van der Waals surface area contributed by atoms with Gasteiger partial charge in [0.1, 0.15) is 24.4 Å². The van der Waals surface area contributed by atoms with Gasteiger partial charge in [-0.1, -0.05) is 0 Å². The molecule has 2 fully saturated rings. The predicted octanol–water partition coefficient (Wildman–Crippen LogP) is 1.03. The third kappa shape index (κ3) is 4.38. The first kappa shape index (κ1) is 18.1. The topological polar surface area (TPSA) is 75.6 Å². The van der Waals surface area contributed by atoms with Crippen LogP contribution in [-0.4, -0.2) is 67.7 Å². The van der Waals surface area contributed by atoms with E-state index in [0.717, 1.165) is 0 Å². The Labute approximate surface area is 131 Å². The Balaban J connectivity index is 2.09. The van der Waals surface area contributed by atoms with Crippen molar-refractivity contribution in [1.29, 1.82) is 0 Å². The molecule has 0 aliphatic carbocycles. The van der Waals surface area contributed by atoms with Crippen molar-refractivity contribution in [1.82, 2.24) is 0 Å². The monoisotopic (exact) mass is 320 g/mol. The molecule has 7 heteroatoms. The van der Waals surface area contributed by atoms with Gasteiger partial charge < -0.3 is 33.5 Å². The second kappa shape index (κ2) is 6.68. The summed E-state index contributed by atoms with van der Waals surface area (Å²) in [7, 11) is 1.49. The van der Waals surface area contributed by atoms with Crippen LogP contribution in [0.25, 0.3) is 0 Å². The van der Waals surface area contributed by atoms with Gasteiger partial charge in [-0.3, -0.25) is 0 Å². The molecule has 2 saturated heterocycles. The van der Waals surface area contributed by atoms with E-state index < -0.39 is 30.1 Å². The highest BCUT2D eigenvalue weighted by atomic mass is 16.8. The predicted molar refractivity (Wildman–Crippen MR) is 77.2 cm³/mol. The van der Waals surface area contributed by atoms with E-state index in [1.807, 2.05) is 27.7 Å². The Bertz CT molecular complexity index is 369. The molecule has 2 rings (SSSR count). The molecular formula is C15H28O7. The molecule has 0 bridgehead atoms. The normalized spacial score (nSPS) is 37.0. The van der Waals surface area contributed by atoms with Crippen LogP contribution in [0.3, 0.4) is 0 Å². The maximum absolute atomic E-state index is 9.69. The van der Waals surface area contributed by atoms with Gasteiger partial charge in [-0.2, -0.15) is 0 Å². The van der Waals surface area contributed by atoms with Gasteiger partial charge in [-0.05, 0) is 34.6 Å². The fraction of sp³-hybridized carbons (Fsp3) is 1.00. The second-order valence-electron chi connectivity index (χ2n) is 6.68. The Morgan fingerprint density at radius 3 is 2.14 bits per heavy atom. The zero-order valence-corrected chi connectivity index (χ0v) is 14.2. The van der Waals surface area contributed by atoms with Crippen LogP contribution in [0.1, 0.15) is 34.6 Å². The first-order valence-electron chi connectivity index (χ1n) is 7.63. The van der Waals surface area contributed by atoms with Gasteiger partial charge in [0.25, 0.3) is 0 Å². The maximum Gasteiger partial charge on any atom is 0.183 e. The zero-order valence-electron chi connectivity index (χ0n) is 14.2. The van der Waals surface area contributed by atoms with Crippen LogP contribution in [0.2, 0.25) is 0 Å². The molecule has 0 spiro atoms. The van der Waals surface area contributed by atoms with Crippen molar-refractivity contribution in [2.24, 2.45) is 0 Å². The third-order valence-corrected chi connectivity index (χ3v) is 3.71. The summed E-state index contributed by atoms with van der Waals surface area (Å²) in [5.74, 6) is -1.38. The van der Waals surface area contributed by atoms with Crippen molar-refractivity contribution >= 4 is 0 Å². The molecule has 2 aliphatic rings. The van der Waals surface area contributed by atoms with Crippen LogP contribution in [0.5, 0.6) is 0 Å². The van der Waals surface area contributed by atoms with Crippen molar-refractivity contribution in [3.63, 3.8) is 0 Å². The summed E-state index contributed by atoms with van der Waals surface area (Å²) >= 11 is 0. The molecule has 1 N–H and O–H groups in total. The fourth-order valence-electron chi connectivity index (χ4n) is 2.66. The van der Waals surface area contributed by atoms with E-state index in [2.05, 4.69) is 0 Å². The molecule has 0 aromatic heterocycles. The van der Waals surface area contributed by atoms with E-state index >= 15 is 0 Å². The average molecular weight is 320 g/mol. The molecule has 0 aromatic carbocycles. The van der Waals surface area contributed by atoms with Crippen molar-refractivity contribution in [2.75, 3.05) is 20.3 Å². The fourth-order valence-corrected chi connectivity index (χ4v) is 2.66. The Hall–Kier alpha value is -0.280. The molecule has 0 radical (unpaired) electrons. The lowest BCUT2D eigenvalue weighted by molar-refractivity contribution is -0.347. The zero-order chi connectivity index (χ0) is 16.5. The lowest BCUT2D eigenvalue weighted by atomic mass is 10.1. The number of hydrogen-bond donors (Lipinski definition) is 1. The van der Waals surface area contributed by atoms with Gasteiger partial charge in [-0.25, -0.2) is 0 Å². The Kier molecular flexibility index (Phi) is 5.49. The second-order valence-corrected chi connectivity index (χ2v) is 6.68. The van der Waals surface area contributed by atoms with Gasteiger partial charge in [0.15, 0.2) is 17.9 Å². The Morgan fingerprint density at radius 1 is 1.05 bits per heavy atom. The number of rotatable bonds is 5. The number of methoxy groups -OCH3 is 1. The van der Waals surface area contributed by atoms with Gasteiger partial charge >= 0.3 is 0 Å². The van der Waals surface area contributed by atoms with Gasteiger partial charge in [0.2, 0.25) is 0 Å². The van der Waals surface area contributed by atoms with Crippen molar-refractivity contribution in [2.45, 2.75) is 76.9 Å². The smallest absolute Gasteiger partial charge is 0.183 e. The minimum Gasteiger partial charge on any atom is -0.388 e. The molecule has 7 nitrogen and oxygen atoms in total. The van der Waals surface area contributed by atoms with E-state index in [1.54, 1.807) is 6.92 Å². The average Bonchev–Trinajstić information content (AvgIpc) is 2.76. The highest BCUT2D eigenvalue weighted by molar-refractivity contribution is 4.89. The molecule has 0 saturated carbocycles. The molecule has 130 valence electrons. The lowest BCUT2D eigenvalue weighted by Gasteiger charge is -2.43.